The third-order valence-electron chi connectivity index (χ3n) is 3.87. The minimum atomic E-state index is -1.04. The van der Waals surface area contributed by atoms with Gasteiger partial charge in [-0.3, -0.25) is 4.79 Å². The molecule has 2 aromatic carbocycles. The summed E-state index contributed by atoms with van der Waals surface area (Å²) in [4.78, 5) is 25.1. The van der Waals surface area contributed by atoms with Crippen molar-refractivity contribution in [1.82, 2.24) is 4.90 Å². The average Bonchev–Trinajstić information content (AvgIpc) is 2.58. The smallest absolute Gasteiger partial charge is 0.329 e. The molecule has 3 rings (SSSR count). The zero-order valence-electron chi connectivity index (χ0n) is 12.5. The van der Waals surface area contributed by atoms with Gasteiger partial charge in [-0.1, -0.05) is 60.7 Å². The highest BCUT2D eigenvalue weighted by Gasteiger charge is 2.52. The van der Waals surface area contributed by atoms with Crippen LogP contribution in [0.4, 0.5) is 0 Å². The summed E-state index contributed by atoms with van der Waals surface area (Å²) < 4.78 is 5.55. The van der Waals surface area contributed by atoms with E-state index in [0.29, 0.717) is 0 Å². The summed E-state index contributed by atoms with van der Waals surface area (Å²) in [6, 6.07) is 17.8. The second-order valence-electron chi connectivity index (χ2n) is 5.45. The van der Waals surface area contributed by atoms with E-state index in [1.54, 1.807) is 0 Å². The van der Waals surface area contributed by atoms with E-state index < -0.39 is 18.1 Å². The van der Waals surface area contributed by atoms with Crippen LogP contribution in [-0.2, 0) is 27.5 Å². The van der Waals surface area contributed by atoms with Gasteiger partial charge in [-0.15, -0.1) is 0 Å². The zero-order chi connectivity index (χ0) is 16.2. The fraction of sp³-hybridized carbons (Fsp3) is 0.222. The number of amides is 1. The highest BCUT2D eigenvalue weighted by Crippen LogP contribution is 2.26. The van der Waals surface area contributed by atoms with E-state index >= 15 is 0 Å². The number of nitrogens with zero attached hydrogens (tertiary/aromatic N) is 1. The van der Waals surface area contributed by atoms with E-state index in [4.69, 9.17) is 4.74 Å². The Kier molecular flexibility index (Phi) is 4.39. The molecule has 0 aromatic heterocycles. The number of benzene rings is 2. The van der Waals surface area contributed by atoms with Gasteiger partial charge in [0, 0.05) is 6.54 Å². The lowest BCUT2D eigenvalue weighted by atomic mass is 9.96. The molecule has 0 unspecified atom stereocenters. The molecule has 1 N–H and O–H groups in total. The van der Waals surface area contributed by atoms with E-state index in [-0.39, 0.29) is 19.1 Å². The first-order valence-electron chi connectivity index (χ1n) is 7.39. The quantitative estimate of drug-likeness (QED) is 0.829. The van der Waals surface area contributed by atoms with E-state index in [1.165, 1.54) is 4.90 Å². The van der Waals surface area contributed by atoms with Gasteiger partial charge in [0.1, 0.15) is 0 Å². The Balaban J connectivity index is 1.65. The van der Waals surface area contributed by atoms with Gasteiger partial charge < -0.3 is 14.7 Å². The molecule has 1 saturated heterocycles. The summed E-state index contributed by atoms with van der Waals surface area (Å²) in [5.41, 5.74) is 1.81. The molecule has 2 aromatic rings. The molecular weight excluding hydrogens is 294 g/mol. The van der Waals surface area contributed by atoms with E-state index in [0.717, 1.165) is 11.1 Å². The zero-order valence-corrected chi connectivity index (χ0v) is 12.5. The lowest BCUT2D eigenvalue weighted by Gasteiger charge is -2.44. The second kappa shape index (κ2) is 6.62. The van der Waals surface area contributed by atoms with Crippen molar-refractivity contribution in [1.29, 1.82) is 0 Å². The minimum absolute atomic E-state index is 0.222. The maximum Gasteiger partial charge on any atom is 0.329 e. The number of ether oxygens (including phenoxy) is 1. The number of carboxylic acids is 1. The Bertz CT molecular complexity index is 687. The van der Waals surface area contributed by atoms with Gasteiger partial charge in [-0.25, -0.2) is 4.79 Å². The number of β-lactam (4-membered cyclic amide) rings is 1. The average molecular weight is 311 g/mol. The maximum absolute atomic E-state index is 12.2. The van der Waals surface area contributed by atoms with Crippen LogP contribution in [0.2, 0.25) is 0 Å². The van der Waals surface area contributed by atoms with Crippen LogP contribution in [0.5, 0.6) is 0 Å². The van der Waals surface area contributed by atoms with Crippen LogP contribution in [0.25, 0.3) is 0 Å². The van der Waals surface area contributed by atoms with Crippen molar-refractivity contribution in [3.63, 3.8) is 0 Å². The van der Waals surface area contributed by atoms with Crippen molar-refractivity contribution in [3.8, 4) is 0 Å². The lowest BCUT2D eigenvalue weighted by molar-refractivity contribution is -0.188. The fourth-order valence-corrected chi connectivity index (χ4v) is 2.66. The molecule has 5 heteroatoms. The number of aliphatic carboxylic acids is 1. The monoisotopic (exact) mass is 311 g/mol. The Hall–Kier alpha value is -2.66. The Morgan fingerprint density at radius 3 is 2.13 bits per heavy atom. The summed E-state index contributed by atoms with van der Waals surface area (Å²) >= 11 is 0. The van der Waals surface area contributed by atoms with E-state index in [1.807, 2.05) is 60.7 Å². The highest BCUT2D eigenvalue weighted by atomic mass is 16.5. The van der Waals surface area contributed by atoms with Crippen LogP contribution >= 0.6 is 0 Å². The first-order valence-corrected chi connectivity index (χ1v) is 7.39. The molecule has 2 atom stereocenters. The van der Waals surface area contributed by atoms with Gasteiger partial charge in [0.25, 0.3) is 5.91 Å². The molecular formula is C18H17NO4. The molecule has 1 heterocycles. The second-order valence-corrected chi connectivity index (χ2v) is 5.45. The molecule has 0 bridgehead atoms. The van der Waals surface area contributed by atoms with E-state index in [2.05, 4.69) is 0 Å². The van der Waals surface area contributed by atoms with Gasteiger partial charge in [0.2, 0.25) is 0 Å². The predicted octanol–water partition coefficient (Wildman–Crippen LogP) is 2.07. The number of carbonyl (C=O) groups excluding carboxylic acids is 1. The standard InChI is InChI=1S/C18H17NO4/c20-17-16(23-12-14-9-5-2-6-10-14)15(18(21)22)19(17)11-13-7-3-1-4-8-13/h1-10,15-16H,11-12H2,(H,21,22)/t15-,16-/m0/s1. The minimum Gasteiger partial charge on any atom is -0.480 e. The number of likely N-dealkylation sites (tertiary alicyclic amines) is 1. The van der Waals surface area contributed by atoms with Crippen LogP contribution in [0.3, 0.4) is 0 Å². The lowest BCUT2D eigenvalue weighted by Crippen LogP contribution is -2.68. The van der Waals surface area contributed by atoms with Gasteiger partial charge in [-0.05, 0) is 11.1 Å². The molecule has 0 spiro atoms. The Morgan fingerprint density at radius 1 is 1.00 bits per heavy atom. The number of rotatable bonds is 6. The van der Waals surface area contributed by atoms with Crippen LogP contribution < -0.4 is 0 Å². The van der Waals surface area contributed by atoms with Gasteiger partial charge >= 0.3 is 5.97 Å². The van der Waals surface area contributed by atoms with Gasteiger partial charge in [0.15, 0.2) is 12.1 Å². The Labute approximate surface area is 134 Å². The van der Waals surface area contributed by atoms with Gasteiger partial charge in [-0.2, -0.15) is 0 Å². The number of carboxylic acid groups (broad SMARTS) is 1. The molecule has 1 fully saturated rings. The van der Waals surface area contributed by atoms with Crippen molar-refractivity contribution in [3.05, 3.63) is 71.8 Å². The van der Waals surface area contributed by atoms with Crippen LogP contribution in [0, 0.1) is 0 Å². The molecule has 1 aliphatic rings. The first-order chi connectivity index (χ1) is 11.2. The van der Waals surface area contributed by atoms with Gasteiger partial charge in [0.05, 0.1) is 6.61 Å². The third kappa shape index (κ3) is 3.24. The summed E-state index contributed by atoms with van der Waals surface area (Å²) in [6.45, 7) is 0.502. The van der Waals surface area contributed by atoms with E-state index in [9.17, 15) is 14.7 Å². The van der Waals surface area contributed by atoms with Crippen LogP contribution in [-0.4, -0.2) is 34.0 Å². The molecule has 0 radical (unpaired) electrons. The molecule has 1 aliphatic heterocycles. The SMILES string of the molecule is O=C(O)[C@@H]1[C@H](OCc2ccccc2)C(=O)N1Cc1ccccc1. The van der Waals surface area contributed by atoms with Crippen molar-refractivity contribution in [2.75, 3.05) is 0 Å². The van der Waals surface area contributed by atoms with Crippen LogP contribution in [0.15, 0.2) is 60.7 Å². The number of hydrogen-bond donors (Lipinski definition) is 1. The van der Waals surface area contributed by atoms with Crippen LogP contribution in [0.1, 0.15) is 11.1 Å². The number of carbonyl (C=O) groups is 2. The Morgan fingerprint density at radius 2 is 1.57 bits per heavy atom. The normalized spacial score (nSPS) is 20.2. The molecule has 0 saturated carbocycles. The molecule has 1 amide bonds. The van der Waals surface area contributed by atoms with Crippen molar-refractivity contribution in [2.24, 2.45) is 0 Å². The first kappa shape index (κ1) is 15.2. The van der Waals surface area contributed by atoms with Crippen molar-refractivity contribution < 1.29 is 19.4 Å². The number of hydrogen-bond acceptors (Lipinski definition) is 3. The fourth-order valence-electron chi connectivity index (χ4n) is 2.66. The summed E-state index contributed by atoms with van der Waals surface area (Å²) in [7, 11) is 0. The largest absolute Gasteiger partial charge is 0.480 e. The molecule has 5 nitrogen and oxygen atoms in total. The maximum atomic E-state index is 12.2. The summed E-state index contributed by atoms with van der Waals surface area (Å²) in [6.07, 6.45) is -0.920. The summed E-state index contributed by atoms with van der Waals surface area (Å²) in [5.74, 6) is -1.32. The highest BCUT2D eigenvalue weighted by molar-refractivity contribution is 5.98. The topological polar surface area (TPSA) is 66.8 Å². The third-order valence-corrected chi connectivity index (χ3v) is 3.87. The predicted molar refractivity (Wildman–Crippen MR) is 83.4 cm³/mol. The van der Waals surface area contributed by atoms with Crippen molar-refractivity contribution >= 4 is 11.9 Å². The summed E-state index contributed by atoms with van der Waals surface area (Å²) in [5, 5.41) is 9.39. The molecule has 23 heavy (non-hydrogen) atoms. The molecule has 0 aliphatic carbocycles. The van der Waals surface area contributed by atoms with Crippen molar-refractivity contribution in [2.45, 2.75) is 25.3 Å². The molecule has 118 valence electrons.